The van der Waals surface area contributed by atoms with Crippen LogP contribution in [0.4, 0.5) is 0 Å². The lowest BCUT2D eigenvalue weighted by molar-refractivity contribution is 0.0694. The van der Waals surface area contributed by atoms with Crippen molar-refractivity contribution in [1.82, 2.24) is 19.6 Å². The van der Waals surface area contributed by atoms with Gasteiger partial charge in [-0.05, 0) is 6.07 Å². The van der Waals surface area contributed by atoms with Crippen molar-refractivity contribution < 1.29 is 14.7 Å². The molecule has 0 fully saturated rings. The van der Waals surface area contributed by atoms with Gasteiger partial charge in [0.25, 0.3) is 0 Å². The van der Waals surface area contributed by atoms with Crippen LogP contribution >= 0.6 is 0 Å². The average molecular weight is 234 g/mol. The monoisotopic (exact) mass is 234 g/mol. The molecule has 17 heavy (non-hydrogen) atoms. The van der Waals surface area contributed by atoms with Crippen LogP contribution in [-0.2, 0) is 14.1 Å². The number of hydrogen-bond acceptors (Lipinski definition) is 4. The molecule has 7 heteroatoms. The first-order chi connectivity index (χ1) is 8.06. The second kappa shape index (κ2) is 3.85. The van der Waals surface area contributed by atoms with Crippen LogP contribution in [0, 0.1) is 0 Å². The fraction of sp³-hybridized carbons (Fsp3) is 0.200. The average Bonchev–Trinajstić information content (AvgIpc) is 2.81. The van der Waals surface area contributed by atoms with Crippen molar-refractivity contribution in [3.8, 4) is 11.4 Å². The Hall–Kier alpha value is -2.44. The zero-order chi connectivity index (χ0) is 12.6. The first kappa shape index (κ1) is 11.1. The lowest BCUT2D eigenvalue weighted by Crippen LogP contribution is -2.04. The van der Waals surface area contributed by atoms with Gasteiger partial charge >= 0.3 is 5.97 Å². The van der Waals surface area contributed by atoms with E-state index in [-0.39, 0.29) is 17.0 Å². The molecule has 0 spiro atoms. The third-order valence-corrected chi connectivity index (χ3v) is 2.48. The minimum Gasteiger partial charge on any atom is -0.478 e. The number of carboxylic acid groups (broad SMARTS) is 1. The van der Waals surface area contributed by atoms with Crippen molar-refractivity contribution in [1.29, 1.82) is 0 Å². The summed E-state index contributed by atoms with van der Waals surface area (Å²) in [5.74, 6) is -1.18. The lowest BCUT2D eigenvalue weighted by Gasteiger charge is -1.99. The van der Waals surface area contributed by atoms with Gasteiger partial charge in [-0.3, -0.25) is 14.2 Å². The number of aromatic nitrogens is 4. The fourth-order valence-electron chi connectivity index (χ4n) is 1.67. The molecule has 0 aliphatic heterocycles. The third kappa shape index (κ3) is 1.61. The van der Waals surface area contributed by atoms with Crippen LogP contribution in [-0.4, -0.2) is 36.9 Å². The normalized spacial score (nSPS) is 10.5. The highest BCUT2D eigenvalue weighted by Gasteiger charge is 2.24. The molecule has 0 radical (unpaired) electrons. The Bertz CT molecular complexity index is 597. The summed E-state index contributed by atoms with van der Waals surface area (Å²) in [4.78, 5) is 22.1. The van der Waals surface area contributed by atoms with Crippen LogP contribution in [0.2, 0.25) is 0 Å². The van der Waals surface area contributed by atoms with Crippen LogP contribution in [0.5, 0.6) is 0 Å². The van der Waals surface area contributed by atoms with E-state index in [1.54, 1.807) is 13.1 Å². The molecule has 0 unspecified atom stereocenters. The Kier molecular flexibility index (Phi) is 2.51. The largest absolute Gasteiger partial charge is 0.478 e. The van der Waals surface area contributed by atoms with E-state index in [1.807, 2.05) is 0 Å². The van der Waals surface area contributed by atoms with Gasteiger partial charge in [-0.25, -0.2) is 4.79 Å². The number of nitrogens with zero attached hydrogens (tertiary/aromatic N) is 4. The van der Waals surface area contributed by atoms with E-state index < -0.39 is 5.97 Å². The maximum Gasteiger partial charge on any atom is 0.340 e. The first-order valence-electron chi connectivity index (χ1n) is 4.80. The summed E-state index contributed by atoms with van der Waals surface area (Å²) < 4.78 is 2.75. The molecule has 0 saturated heterocycles. The number of hydrogen-bond donors (Lipinski definition) is 1. The van der Waals surface area contributed by atoms with Crippen LogP contribution in [0.1, 0.15) is 20.8 Å². The molecule has 0 aromatic carbocycles. The molecule has 2 aromatic rings. The van der Waals surface area contributed by atoms with E-state index in [0.717, 1.165) is 0 Å². The van der Waals surface area contributed by atoms with Crippen molar-refractivity contribution in [2.75, 3.05) is 0 Å². The second-order valence-electron chi connectivity index (χ2n) is 3.50. The minimum atomic E-state index is -1.18. The van der Waals surface area contributed by atoms with Crippen LogP contribution in [0.3, 0.4) is 0 Å². The van der Waals surface area contributed by atoms with Crippen molar-refractivity contribution in [2.45, 2.75) is 0 Å². The second-order valence-corrected chi connectivity index (χ2v) is 3.50. The van der Waals surface area contributed by atoms with Crippen molar-refractivity contribution >= 4 is 12.3 Å². The Balaban J connectivity index is 2.75. The maximum absolute atomic E-state index is 11.2. The molecule has 0 aliphatic rings. The summed E-state index contributed by atoms with van der Waals surface area (Å²) in [5.41, 5.74) is 0.716. The van der Waals surface area contributed by atoms with Crippen molar-refractivity contribution in [3.05, 3.63) is 23.5 Å². The third-order valence-electron chi connectivity index (χ3n) is 2.48. The number of carboxylic acids is 1. The summed E-state index contributed by atoms with van der Waals surface area (Å²) in [6.07, 6.45) is 2.02. The molecule has 7 nitrogen and oxygen atoms in total. The molecule has 2 aromatic heterocycles. The lowest BCUT2D eigenvalue weighted by atomic mass is 10.1. The van der Waals surface area contributed by atoms with E-state index in [4.69, 9.17) is 5.11 Å². The summed E-state index contributed by atoms with van der Waals surface area (Å²) in [7, 11) is 3.20. The molecule has 2 rings (SSSR count). The Labute approximate surface area is 96.3 Å². The summed E-state index contributed by atoms with van der Waals surface area (Å²) >= 11 is 0. The number of carbonyl (C=O) groups excluding carboxylic acids is 1. The molecule has 0 bridgehead atoms. The first-order valence-corrected chi connectivity index (χ1v) is 4.80. The van der Waals surface area contributed by atoms with Gasteiger partial charge in [0.15, 0.2) is 6.29 Å². The molecule has 0 saturated carbocycles. The smallest absolute Gasteiger partial charge is 0.340 e. The molecule has 0 aliphatic carbocycles. The Morgan fingerprint density at radius 3 is 2.59 bits per heavy atom. The maximum atomic E-state index is 11.2. The van der Waals surface area contributed by atoms with Gasteiger partial charge in [-0.15, -0.1) is 0 Å². The number of aldehydes is 1. The van der Waals surface area contributed by atoms with Gasteiger partial charge < -0.3 is 5.11 Å². The SMILES string of the molecule is Cn1nccc1-c1nn(C)c(C=O)c1C(=O)O. The highest BCUT2D eigenvalue weighted by atomic mass is 16.4. The Morgan fingerprint density at radius 1 is 1.41 bits per heavy atom. The number of aryl methyl sites for hydroxylation is 2. The predicted molar refractivity (Wildman–Crippen MR) is 57.8 cm³/mol. The van der Waals surface area contributed by atoms with Gasteiger partial charge in [0.1, 0.15) is 17.0 Å². The molecule has 0 amide bonds. The highest BCUT2D eigenvalue weighted by Crippen LogP contribution is 2.23. The predicted octanol–water partition coefficient (Wildman–Crippen LogP) is 0.331. The van der Waals surface area contributed by atoms with Crippen LogP contribution in [0.25, 0.3) is 11.4 Å². The van der Waals surface area contributed by atoms with Crippen LogP contribution in [0.15, 0.2) is 12.3 Å². The summed E-state index contributed by atoms with van der Waals surface area (Å²) in [5, 5.41) is 17.1. The summed E-state index contributed by atoms with van der Waals surface area (Å²) in [6, 6.07) is 1.64. The zero-order valence-electron chi connectivity index (χ0n) is 9.28. The standard InChI is InChI=1S/C10H10N4O3/c1-13-6(3-4-11-13)9-8(10(16)17)7(5-15)14(2)12-9/h3-5H,1-2H3,(H,16,17). The van der Waals surface area contributed by atoms with Gasteiger partial charge in [0, 0.05) is 20.3 Å². The van der Waals surface area contributed by atoms with Crippen molar-refractivity contribution in [2.24, 2.45) is 14.1 Å². The van der Waals surface area contributed by atoms with Gasteiger partial charge in [0.2, 0.25) is 0 Å². The molecule has 88 valence electrons. The van der Waals surface area contributed by atoms with Crippen molar-refractivity contribution in [3.63, 3.8) is 0 Å². The van der Waals surface area contributed by atoms with E-state index in [1.165, 1.54) is 22.6 Å². The summed E-state index contributed by atoms with van der Waals surface area (Å²) in [6.45, 7) is 0. The quantitative estimate of drug-likeness (QED) is 0.773. The molecular weight excluding hydrogens is 224 g/mol. The van der Waals surface area contributed by atoms with Gasteiger partial charge in [-0.2, -0.15) is 10.2 Å². The minimum absolute atomic E-state index is 0.0358. The highest BCUT2D eigenvalue weighted by molar-refractivity contribution is 6.01. The van der Waals surface area contributed by atoms with Crippen LogP contribution < -0.4 is 0 Å². The molecule has 1 N–H and O–H groups in total. The molecule has 0 atom stereocenters. The van der Waals surface area contributed by atoms with E-state index in [9.17, 15) is 9.59 Å². The zero-order valence-corrected chi connectivity index (χ0v) is 9.28. The molecular formula is C10H10N4O3. The number of rotatable bonds is 3. The fourth-order valence-corrected chi connectivity index (χ4v) is 1.67. The van der Waals surface area contributed by atoms with E-state index >= 15 is 0 Å². The number of carbonyl (C=O) groups is 2. The number of aromatic carboxylic acids is 1. The van der Waals surface area contributed by atoms with Gasteiger partial charge in [0.05, 0.1) is 5.69 Å². The molecule has 2 heterocycles. The van der Waals surface area contributed by atoms with E-state index in [0.29, 0.717) is 12.0 Å². The van der Waals surface area contributed by atoms with E-state index in [2.05, 4.69) is 10.2 Å². The topological polar surface area (TPSA) is 90.0 Å². The van der Waals surface area contributed by atoms with Gasteiger partial charge in [-0.1, -0.05) is 0 Å². The Morgan fingerprint density at radius 2 is 2.12 bits per heavy atom.